The van der Waals surface area contributed by atoms with Gasteiger partial charge in [-0.15, -0.1) is 11.3 Å². The second kappa shape index (κ2) is 9.18. The second-order valence-electron chi connectivity index (χ2n) is 6.77. The molecule has 0 N–H and O–H groups in total. The van der Waals surface area contributed by atoms with Gasteiger partial charge in [0.1, 0.15) is 10.8 Å². The highest BCUT2D eigenvalue weighted by molar-refractivity contribution is 7.15. The summed E-state index contributed by atoms with van der Waals surface area (Å²) in [6.45, 7) is 8.94. The molecule has 1 aliphatic carbocycles. The Morgan fingerprint density at radius 3 is 2.48 bits per heavy atom. The van der Waals surface area contributed by atoms with Crippen molar-refractivity contribution in [2.75, 3.05) is 6.61 Å². The van der Waals surface area contributed by atoms with E-state index in [4.69, 9.17) is 9.72 Å². The molecular formula is C24H29NOS. The lowest BCUT2D eigenvalue weighted by Crippen LogP contribution is -2.03. The van der Waals surface area contributed by atoms with Gasteiger partial charge in [0.05, 0.1) is 12.3 Å². The molecule has 27 heavy (non-hydrogen) atoms. The molecule has 0 amide bonds. The first-order valence-electron chi connectivity index (χ1n) is 9.97. The van der Waals surface area contributed by atoms with Gasteiger partial charge in [-0.05, 0) is 56.4 Å². The summed E-state index contributed by atoms with van der Waals surface area (Å²) < 4.78 is 5.99. The lowest BCUT2D eigenvalue weighted by atomic mass is 10.1. The molecule has 0 atom stereocenters. The molecule has 0 bridgehead atoms. The number of thiazole rings is 1. The van der Waals surface area contributed by atoms with E-state index in [1.807, 2.05) is 13.8 Å². The first kappa shape index (κ1) is 19.6. The van der Waals surface area contributed by atoms with Crippen molar-refractivity contribution in [3.05, 3.63) is 69.7 Å². The predicted octanol–water partition coefficient (Wildman–Crippen LogP) is 6.56. The van der Waals surface area contributed by atoms with Crippen LogP contribution in [0.4, 0.5) is 0 Å². The number of fused-ring (bicyclic) bond motifs is 1. The molecule has 3 heteroatoms. The van der Waals surface area contributed by atoms with Crippen molar-refractivity contribution in [2.24, 2.45) is 0 Å². The van der Waals surface area contributed by atoms with Crippen LogP contribution in [0.5, 0.6) is 5.75 Å². The fourth-order valence-corrected chi connectivity index (χ4v) is 4.35. The van der Waals surface area contributed by atoms with Crippen LogP contribution in [0.3, 0.4) is 0 Å². The van der Waals surface area contributed by atoms with Crippen LogP contribution in [0.2, 0.25) is 0 Å². The van der Waals surface area contributed by atoms with Crippen molar-refractivity contribution in [3.8, 4) is 16.3 Å². The predicted molar refractivity (Wildman–Crippen MR) is 116 cm³/mol. The standard InChI is InChI=1S/C22H23NOS.C2H6/c1-15-6-8-18(9-7-15)22-23-21(16(2)25-22)12-13-24-20-11-10-17-4-3-5-19(17)14-20;1-2/h6-11,14H,3-5,12-13H2,1-2H3;1-2H3. The monoisotopic (exact) mass is 379 g/mol. The lowest BCUT2D eigenvalue weighted by molar-refractivity contribution is 0.320. The van der Waals surface area contributed by atoms with Crippen LogP contribution < -0.4 is 4.74 Å². The Bertz CT molecular complexity index is 880. The smallest absolute Gasteiger partial charge is 0.123 e. The van der Waals surface area contributed by atoms with Crippen LogP contribution in [0.1, 0.15) is 47.5 Å². The highest BCUT2D eigenvalue weighted by atomic mass is 32.1. The number of benzene rings is 2. The topological polar surface area (TPSA) is 22.1 Å². The first-order valence-corrected chi connectivity index (χ1v) is 10.8. The largest absolute Gasteiger partial charge is 0.493 e. The van der Waals surface area contributed by atoms with Crippen molar-refractivity contribution in [2.45, 2.75) is 53.4 Å². The summed E-state index contributed by atoms with van der Waals surface area (Å²) in [6.07, 6.45) is 4.54. The number of rotatable bonds is 5. The van der Waals surface area contributed by atoms with Gasteiger partial charge in [-0.2, -0.15) is 0 Å². The third-order valence-corrected chi connectivity index (χ3v) is 5.93. The van der Waals surface area contributed by atoms with Gasteiger partial charge in [0.15, 0.2) is 0 Å². The van der Waals surface area contributed by atoms with E-state index in [-0.39, 0.29) is 0 Å². The van der Waals surface area contributed by atoms with E-state index in [0.717, 1.165) is 22.9 Å². The Morgan fingerprint density at radius 2 is 1.70 bits per heavy atom. The highest BCUT2D eigenvalue weighted by Crippen LogP contribution is 2.29. The van der Waals surface area contributed by atoms with Crippen LogP contribution in [-0.4, -0.2) is 11.6 Å². The van der Waals surface area contributed by atoms with Gasteiger partial charge in [0.25, 0.3) is 0 Å². The van der Waals surface area contributed by atoms with Crippen molar-refractivity contribution >= 4 is 11.3 Å². The molecule has 3 aromatic rings. The number of hydrogen-bond acceptors (Lipinski definition) is 3. The average Bonchev–Trinajstić information content (AvgIpc) is 3.30. The maximum Gasteiger partial charge on any atom is 0.123 e. The minimum absolute atomic E-state index is 0.677. The van der Waals surface area contributed by atoms with Crippen LogP contribution in [0, 0.1) is 13.8 Å². The molecule has 1 aromatic heterocycles. The molecule has 1 aliphatic rings. The maximum atomic E-state index is 5.99. The fraction of sp³-hybridized carbons (Fsp3) is 0.375. The minimum atomic E-state index is 0.677. The summed E-state index contributed by atoms with van der Waals surface area (Å²) >= 11 is 1.77. The van der Waals surface area contributed by atoms with E-state index < -0.39 is 0 Å². The van der Waals surface area contributed by atoms with Crippen molar-refractivity contribution in [1.29, 1.82) is 0 Å². The Kier molecular flexibility index (Phi) is 6.68. The molecule has 142 valence electrons. The molecule has 2 nitrogen and oxygen atoms in total. The molecule has 0 unspecified atom stereocenters. The maximum absolute atomic E-state index is 5.99. The van der Waals surface area contributed by atoms with Gasteiger partial charge in [0.2, 0.25) is 0 Å². The van der Waals surface area contributed by atoms with Crippen LogP contribution in [-0.2, 0) is 19.3 Å². The number of hydrogen-bond donors (Lipinski definition) is 0. The van der Waals surface area contributed by atoms with Crippen LogP contribution >= 0.6 is 11.3 Å². The highest BCUT2D eigenvalue weighted by Gasteiger charge is 2.12. The normalized spacial score (nSPS) is 12.3. The van der Waals surface area contributed by atoms with Gasteiger partial charge in [0, 0.05) is 16.9 Å². The molecule has 0 aliphatic heterocycles. The van der Waals surface area contributed by atoms with Gasteiger partial charge in [-0.1, -0.05) is 49.7 Å². The zero-order chi connectivity index (χ0) is 19.2. The van der Waals surface area contributed by atoms with Crippen molar-refractivity contribution in [3.63, 3.8) is 0 Å². The zero-order valence-corrected chi connectivity index (χ0v) is 17.7. The summed E-state index contributed by atoms with van der Waals surface area (Å²) in [4.78, 5) is 6.12. The van der Waals surface area contributed by atoms with E-state index >= 15 is 0 Å². The fourth-order valence-electron chi connectivity index (χ4n) is 3.38. The molecule has 2 aromatic carbocycles. The van der Waals surface area contributed by atoms with Gasteiger partial charge in [-0.25, -0.2) is 4.98 Å². The summed E-state index contributed by atoms with van der Waals surface area (Å²) in [6, 6.07) is 15.1. The van der Waals surface area contributed by atoms with E-state index in [2.05, 4.69) is 56.3 Å². The summed E-state index contributed by atoms with van der Waals surface area (Å²) in [5.74, 6) is 0.993. The van der Waals surface area contributed by atoms with Crippen molar-refractivity contribution in [1.82, 2.24) is 4.98 Å². The molecule has 0 radical (unpaired) electrons. The van der Waals surface area contributed by atoms with Crippen LogP contribution in [0.25, 0.3) is 10.6 Å². The van der Waals surface area contributed by atoms with Crippen molar-refractivity contribution < 1.29 is 4.74 Å². The Balaban J connectivity index is 0.00000102. The molecule has 4 rings (SSSR count). The molecule has 0 fully saturated rings. The molecular weight excluding hydrogens is 350 g/mol. The average molecular weight is 380 g/mol. The third kappa shape index (κ3) is 4.78. The summed E-state index contributed by atoms with van der Waals surface area (Å²) in [5.41, 5.74) is 6.58. The van der Waals surface area contributed by atoms with E-state index in [9.17, 15) is 0 Å². The van der Waals surface area contributed by atoms with E-state index in [0.29, 0.717) is 6.61 Å². The molecule has 0 spiro atoms. The summed E-state index contributed by atoms with van der Waals surface area (Å²) in [7, 11) is 0. The van der Waals surface area contributed by atoms with E-state index in [1.165, 1.54) is 46.4 Å². The molecule has 0 saturated heterocycles. The lowest BCUT2D eigenvalue weighted by Gasteiger charge is -2.07. The number of ether oxygens (including phenoxy) is 1. The number of aryl methyl sites for hydroxylation is 4. The number of nitrogens with zero attached hydrogens (tertiary/aromatic N) is 1. The molecule has 0 saturated carbocycles. The SMILES string of the molecule is CC.Cc1ccc(-c2nc(CCOc3ccc4c(c3)CCC4)c(C)s2)cc1. The van der Waals surface area contributed by atoms with E-state index in [1.54, 1.807) is 11.3 Å². The van der Waals surface area contributed by atoms with Crippen LogP contribution in [0.15, 0.2) is 42.5 Å². The third-order valence-electron chi connectivity index (χ3n) is 4.87. The van der Waals surface area contributed by atoms with Gasteiger partial charge >= 0.3 is 0 Å². The molecule has 1 heterocycles. The Hall–Kier alpha value is -2.13. The quantitative estimate of drug-likeness (QED) is 0.500. The minimum Gasteiger partial charge on any atom is -0.493 e. The first-order chi connectivity index (χ1) is 13.2. The Morgan fingerprint density at radius 1 is 0.963 bits per heavy atom. The van der Waals surface area contributed by atoms with Gasteiger partial charge < -0.3 is 4.74 Å². The number of aromatic nitrogens is 1. The zero-order valence-electron chi connectivity index (χ0n) is 16.8. The summed E-state index contributed by atoms with van der Waals surface area (Å²) in [5, 5.41) is 1.10. The Labute approximate surface area is 167 Å². The second-order valence-corrected chi connectivity index (χ2v) is 7.97. The van der Waals surface area contributed by atoms with Gasteiger partial charge in [-0.3, -0.25) is 0 Å².